The molecule has 0 bridgehead atoms. The minimum atomic E-state index is -2.08. The average molecular weight is 371 g/mol. The minimum Gasteiger partial charge on any atom is -0.285 e. The third kappa shape index (κ3) is 2.38. The lowest BCUT2D eigenvalue weighted by molar-refractivity contribution is 0.273. The van der Waals surface area contributed by atoms with E-state index in [4.69, 9.17) is 0 Å². The molecule has 0 radical (unpaired) electrons. The molecule has 28 heavy (non-hydrogen) atoms. The van der Waals surface area contributed by atoms with Gasteiger partial charge in [-0.05, 0) is 36.4 Å². The van der Waals surface area contributed by atoms with Gasteiger partial charge in [0.15, 0.2) is 5.65 Å². The molecule has 1 N–H and O–H groups in total. The van der Waals surface area contributed by atoms with Gasteiger partial charge in [0.1, 0.15) is 0 Å². The zero-order valence-electron chi connectivity index (χ0n) is 14.6. The Morgan fingerprint density at radius 3 is 2.89 bits per heavy atom. The third-order valence-electron chi connectivity index (χ3n) is 4.69. The fourth-order valence-corrected chi connectivity index (χ4v) is 3.20. The summed E-state index contributed by atoms with van der Waals surface area (Å²) in [4.78, 5) is 4.28. The number of fused-ring (bicyclic) bond motifs is 2. The van der Waals surface area contributed by atoms with Crippen molar-refractivity contribution in [3.8, 4) is 11.3 Å². The monoisotopic (exact) mass is 371 g/mol. The number of benzene rings is 1. The molecule has 4 heterocycles. The van der Waals surface area contributed by atoms with Gasteiger partial charge >= 0.3 is 0 Å². The first-order valence-electron chi connectivity index (χ1n) is 8.59. The molecule has 1 atom stereocenters. The highest BCUT2D eigenvalue weighted by molar-refractivity contribution is 5.79. The summed E-state index contributed by atoms with van der Waals surface area (Å²) in [5.74, 6) is 0.0334. The molecular formula is C20H14FN7. The maximum atomic E-state index is 16.2. The van der Waals surface area contributed by atoms with Crippen molar-refractivity contribution < 1.29 is 4.39 Å². The van der Waals surface area contributed by atoms with E-state index in [-0.39, 0.29) is 5.82 Å². The predicted octanol–water partition coefficient (Wildman–Crippen LogP) is 3.46. The van der Waals surface area contributed by atoms with Gasteiger partial charge in [-0.2, -0.15) is 14.7 Å². The Kier molecular flexibility index (Phi) is 3.51. The van der Waals surface area contributed by atoms with Crippen LogP contribution < -0.4 is 0 Å². The van der Waals surface area contributed by atoms with Crippen LogP contribution in [0.25, 0.3) is 27.8 Å². The van der Waals surface area contributed by atoms with Gasteiger partial charge in [0, 0.05) is 28.9 Å². The van der Waals surface area contributed by atoms with E-state index < -0.39 is 5.67 Å². The lowest BCUT2D eigenvalue weighted by Gasteiger charge is -2.20. The van der Waals surface area contributed by atoms with Crippen molar-refractivity contribution in [3.05, 3.63) is 85.1 Å². The van der Waals surface area contributed by atoms with Crippen LogP contribution in [0, 0.1) is 0 Å². The van der Waals surface area contributed by atoms with Crippen molar-refractivity contribution in [2.45, 2.75) is 5.67 Å². The van der Waals surface area contributed by atoms with Crippen molar-refractivity contribution in [3.63, 3.8) is 0 Å². The molecule has 0 aliphatic rings. The summed E-state index contributed by atoms with van der Waals surface area (Å²) in [6.45, 7) is 3.71. The second-order valence-electron chi connectivity index (χ2n) is 6.33. The number of H-pyrrole nitrogens is 1. The Hall–Kier alpha value is -3.94. The number of allylic oxidation sites excluding steroid dienone is 1. The molecule has 0 aliphatic carbocycles. The summed E-state index contributed by atoms with van der Waals surface area (Å²) in [6, 6.07) is 12.4. The van der Waals surface area contributed by atoms with Crippen LogP contribution in [0.2, 0.25) is 0 Å². The standard InChI is InChI=1S/C20H14FN7/c1-2-20(21,15-5-6-16-13(10-15)4-3-9-22-16)19-26-25-18-8-7-17(27-28(18)19)14-11-23-24-12-14/h2-12H,1H2,(H,23,24)/t20-/m1/s1. The number of hydrogen-bond acceptors (Lipinski definition) is 5. The number of nitrogens with zero attached hydrogens (tertiary/aromatic N) is 6. The van der Waals surface area contributed by atoms with Crippen molar-refractivity contribution in [2.24, 2.45) is 0 Å². The van der Waals surface area contributed by atoms with E-state index in [0.717, 1.165) is 16.5 Å². The van der Waals surface area contributed by atoms with Gasteiger partial charge in [-0.25, -0.2) is 4.39 Å². The van der Waals surface area contributed by atoms with Crippen molar-refractivity contribution in [2.75, 3.05) is 0 Å². The van der Waals surface area contributed by atoms with E-state index in [0.29, 0.717) is 16.9 Å². The largest absolute Gasteiger partial charge is 0.285 e. The molecule has 5 aromatic rings. The van der Waals surface area contributed by atoms with Gasteiger partial charge in [0.05, 0.1) is 17.4 Å². The van der Waals surface area contributed by atoms with E-state index in [1.54, 1.807) is 48.9 Å². The normalized spacial score (nSPS) is 13.6. The third-order valence-corrected chi connectivity index (χ3v) is 4.69. The van der Waals surface area contributed by atoms with E-state index in [1.807, 2.05) is 12.1 Å². The summed E-state index contributed by atoms with van der Waals surface area (Å²) in [7, 11) is 0. The van der Waals surface area contributed by atoms with Gasteiger partial charge in [0.25, 0.3) is 0 Å². The van der Waals surface area contributed by atoms with Crippen molar-refractivity contribution >= 4 is 16.6 Å². The highest BCUT2D eigenvalue weighted by atomic mass is 19.1. The van der Waals surface area contributed by atoms with Gasteiger partial charge in [-0.3, -0.25) is 10.1 Å². The first-order valence-corrected chi connectivity index (χ1v) is 8.59. The first-order chi connectivity index (χ1) is 13.7. The fraction of sp³-hybridized carbons (Fsp3) is 0.0500. The number of rotatable bonds is 4. The number of halogens is 1. The SMILES string of the molecule is C=C[C@@](F)(c1ccc2ncccc2c1)c1nnc2ccc(-c3cn[nH]c3)nn12. The van der Waals surface area contributed by atoms with Crippen LogP contribution >= 0.6 is 0 Å². The molecule has 0 aliphatic heterocycles. The van der Waals surface area contributed by atoms with Crippen LogP contribution in [-0.4, -0.2) is 35.0 Å². The molecule has 0 saturated heterocycles. The molecule has 8 heteroatoms. The van der Waals surface area contributed by atoms with Crippen LogP contribution in [0.1, 0.15) is 11.4 Å². The summed E-state index contributed by atoms with van der Waals surface area (Å²) in [5, 5.41) is 20.2. The number of nitrogens with one attached hydrogen (secondary N) is 1. The highest BCUT2D eigenvalue weighted by Gasteiger charge is 2.37. The van der Waals surface area contributed by atoms with Crippen LogP contribution in [0.15, 0.2) is 73.7 Å². The maximum Gasteiger partial charge on any atom is 0.215 e. The summed E-state index contributed by atoms with van der Waals surface area (Å²) >= 11 is 0. The molecule has 0 saturated carbocycles. The zero-order valence-corrected chi connectivity index (χ0v) is 14.6. The number of aromatic amines is 1. The fourth-order valence-electron chi connectivity index (χ4n) is 3.20. The molecule has 5 rings (SSSR count). The predicted molar refractivity (Wildman–Crippen MR) is 102 cm³/mol. The van der Waals surface area contributed by atoms with E-state index in [2.05, 4.69) is 37.1 Å². The quantitative estimate of drug-likeness (QED) is 0.489. The molecular weight excluding hydrogens is 357 g/mol. The maximum absolute atomic E-state index is 16.2. The van der Waals surface area contributed by atoms with Crippen LogP contribution in [0.5, 0.6) is 0 Å². The van der Waals surface area contributed by atoms with E-state index in [9.17, 15) is 0 Å². The minimum absolute atomic E-state index is 0.0334. The second kappa shape index (κ2) is 6.05. The Morgan fingerprint density at radius 2 is 2.07 bits per heavy atom. The number of alkyl halides is 1. The molecule has 1 aromatic carbocycles. The molecule has 7 nitrogen and oxygen atoms in total. The van der Waals surface area contributed by atoms with Crippen molar-refractivity contribution in [1.82, 2.24) is 35.0 Å². The number of pyridine rings is 1. The van der Waals surface area contributed by atoms with Crippen molar-refractivity contribution in [1.29, 1.82) is 0 Å². The Balaban J connectivity index is 1.71. The smallest absolute Gasteiger partial charge is 0.215 e. The molecule has 0 spiro atoms. The van der Waals surface area contributed by atoms with Crippen LogP contribution in [-0.2, 0) is 5.67 Å². The molecule has 4 aromatic heterocycles. The molecule has 0 unspecified atom stereocenters. The Labute approximate surface area is 158 Å². The van der Waals surface area contributed by atoms with Crippen LogP contribution in [0.4, 0.5) is 4.39 Å². The van der Waals surface area contributed by atoms with Gasteiger partial charge in [0.2, 0.25) is 11.5 Å². The Morgan fingerprint density at radius 1 is 1.14 bits per heavy atom. The van der Waals surface area contributed by atoms with Crippen LogP contribution in [0.3, 0.4) is 0 Å². The second-order valence-corrected chi connectivity index (χ2v) is 6.33. The van der Waals surface area contributed by atoms with E-state index in [1.165, 1.54) is 10.6 Å². The number of hydrogen-bond donors (Lipinski definition) is 1. The lowest BCUT2D eigenvalue weighted by atomic mass is 9.93. The first kappa shape index (κ1) is 16.2. The number of aromatic nitrogens is 7. The summed E-state index contributed by atoms with van der Waals surface area (Å²) in [5.41, 5.74) is 0.925. The van der Waals surface area contributed by atoms with E-state index >= 15 is 4.39 Å². The Bertz CT molecular complexity index is 1310. The average Bonchev–Trinajstić information content (AvgIpc) is 3.42. The summed E-state index contributed by atoms with van der Waals surface area (Å²) in [6.07, 6.45) is 6.27. The molecule has 0 amide bonds. The van der Waals surface area contributed by atoms with Gasteiger partial charge < -0.3 is 0 Å². The lowest BCUT2D eigenvalue weighted by Crippen LogP contribution is -2.23. The van der Waals surface area contributed by atoms with Gasteiger partial charge in [-0.1, -0.05) is 18.7 Å². The topological polar surface area (TPSA) is 84.6 Å². The van der Waals surface area contributed by atoms with Gasteiger partial charge in [-0.15, -0.1) is 10.2 Å². The molecule has 136 valence electrons. The zero-order chi connectivity index (χ0) is 19.1. The summed E-state index contributed by atoms with van der Waals surface area (Å²) < 4.78 is 17.6. The highest BCUT2D eigenvalue weighted by Crippen LogP contribution is 2.35. The molecule has 0 fully saturated rings.